The molecule has 0 saturated carbocycles. The number of hydrogen-bond donors (Lipinski definition) is 1. The fourth-order valence-corrected chi connectivity index (χ4v) is 5.02. The molecule has 0 aliphatic heterocycles. The Labute approximate surface area is 155 Å². The second-order valence-corrected chi connectivity index (χ2v) is 8.95. The van der Waals surface area contributed by atoms with Crippen molar-refractivity contribution in [2.75, 3.05) is 0 Å². The quantitative estimate of drug-likeness (QED) is 0.385. The molecule has 0 aliphatic rings. The topological polar surface area (TPSA) is 80.4 Å². The van der Waals surface area contributed by atoms with Crippen LogP contribution >= 0.6 is 0 Å². The van der Waals surface area contributed by atoms with E-state index in [1.807, 2.05) is 0 Å². The van der Waals surface area contributed by atoms with Crippen LogP contribution < -0.4 is 7.16 Å². The van der Waals surface area contributed by atoms with Gasteiger partial charge in [0, 0.05) is 6.07 Å². The van der Waals surface area contributed by atoms with E-state index in [0.29, 0.717) is 0 Å². The van der Waals surface area contributed by atoms with E-state index in [1.165, 1.54) is 25.4 Å². The Kier molecular flexibility index (Phi) is 7.15. The van der Waals surface area contributed by atoms with Gasteiger partial charge in [0.2, 0.25) is 0 Å². The summed E-state index contributed by atoms with van der Waals surface area (Å²) in [5.74, 6) is -1.29. The summed E-state index contributed by atoms with van der Waals surface area (Å²) >= 11 is -0.517. The van der Waals surface area contributed by atoms with Crippen molar-refractivity contribution in [2.24, 2.45) is 0 Å². The van der Waals surface area contributed by atoms with Crippen molar-refractivity contribution in [1.29, 1.82) is 0 Å². The Bertz CT molecular complexity index is 768. The van der Waals surface area contributed by atoms with Gasteiger partial charge in [-0.25, -0.2) is 4.79 Å². The van der Waals surface area contributed by atoms with E-state index in [2.05, 4.69) is 60.7 Å². The zero-order valence-corrected chi connectivity index (χ0v) is 16.1. The summed E-state index contributed by atoms with van der Waals surface area (Å²) in [5.41, 5.74) is -0.674. The van der Waals surface area contributed by atoms with Crippen molar-refractivity contribution in [3.8, 4) is 0 Å². The molecule has 0 unspecified atom stereocenters. The second kappa shape index (κ2) is 9.58. The molecule has 0 atom stereocenters. The minimum absolute atomic E-state index is 0.289. The number of rotatable bonds is 4. The van der Waals surface area contributed by atoms with Crippen LogP contribution in [0.4, 0.5) is 5.69 Å². The average molecular weight is 440 g/mol. The standard InChI is InChI=1S/C7H5NO4.2C6H5.Sn/c9-7(10)5-3-1-2-4-6(5)8(11)12;2*1-2-4-6-5-3-1;/h1-4H,(H,9,10);2*1-5H;. The molecule has 0 fully saturated rings. The predicted octanol–water partition coefficient (Wildman–Crippen LogP) is 2.63. The van der Waals surface area contributed by atoms with E-state index in [1.54, 1.807) is 0 Å². The molecule has 0 heterocycles. The van der Waals surface area contributed by atoms with Crippen molar-refractivity contribution >= 4 is 40.0 Å². The molecule has 5 nitrogen and oxygen atoms in total. The van der Waals surface area contributed by atoms with E-state index in [-0.39, 0.29) is 11.3 Å². The van der Waals surface area contributed by atoms with Crippen LogP contribution in [0.1, 0.15) is 10.4 Å². The molecule has 6 heteroatoms. The van der Waals surface area contributed by atoms with Gasteiger partial charge in [0.05, 0.1) is 4.92 Å². The summed E-state index contributed by atoms with van der Waals surface area (Å²) in [6, 6.07) is 26.8. The van der Waals surface area contributed by atoms with Gasteiger partial charge in [0.1, 0.15) is 5.56 Å². The first-order chi connectivity index (χ1) is 12.1. The number of nitro groups is 1. The van der Waals surface area contributed by atoms with Crippen molar-refractivity contribution in [2.45, 2.75) is 0 Å². The molecule has 0 amide bonds. The number of para-hydroxylation sites is 1. The van der Waals surface area contributed by atoms with Gasteiger partial charge in [-0.1, -0.05) is 12.1 Å². The van der Waals surface area contributed by atoms with Gasteiger partial charge in [0.25, 0.3) is 5.69 Å². The number of aromatic carboxylic acids is 1. The van der Waals surface area contributed by atoms with Gasteiger partial charge < -0.3 is 5.11 Å². The summed E-state index contributed by atoms with van der Waals surface area (Å²) in [4.78, 5) is 20.0. The maximum atomic E-state index is 10.4. The fraction of sp³-hybridized carbons (Fsp3) is 0. The molecule has 0 spiro atoms. The Morgan fingerprint density at radius 3 is 1.64 bits per heavy atom. The van der Waals surface area contributed by atoms with E-state index < -0.39 is 32.0 Å². The summed E-state index contributed by atoms with van der Waals surface area (Å²) in [7, 11) is 0. The molecule has 0 aliphatic carbocycles. The normalized spacial score (nSPS) is 9.60. The predicted molar refractivity (Wildman–Crippen MR) is 98.0 cm³/mol. The SMILES string of the molecule is O=C(O)c1ccccc1[N+](=O)[O-].c1cc[c]([Sn][c]2ccccc2)cc1. The van der Waals surface area contributed by atoms with Gasteiger partial charge in [-0.2, -0.15) is 0 Å². The van der Waals surface area contributed by atoms with Crippen LogP contribution in [-0.2, 0) is 0 Å². The third kappa shape index (κ3) is 6.04. The number of nitro benzene ring substituents is 1. The monoisotopic (exact) mass is 441 g/mol. The Balaban J connectivity index is 0.000000181. The van der Waals surface area contributed by atoms with Crippen molar-refractivity contribution in [3.63, 3.8) is 0 Å². The number of carboxylic acid groups (broad SMARTS) is 1. The number of carboxylic acids is 1. The fourth-order valence-electron chi connectivity index (χ4n) is 2.02. The molecular formula is C19H15NO4Sn. The maximum absolute atomic E-state index is 10.4. The van der Waals surface area contributed by atoms with Crippen LogP contribution in [0.25, 0.3) is 0 Å². The molecule has 0 saturated heterocycles. The molecule has 3 aromatic carbocycles. The van der Waals surface area contributed by atoms with E-state index in [0.717, 1.165) is 6.07 Å². The van der Waals surface area contributed by atoms with Crippen LogP contribution in [0.2, 0.25) is 0 Å². The Hall–Kier alpha value is -2.67. The van der Waals surface area contributed by atoms with E-state index in [4.69, 9.17) is 5.11 Å². The van der Waals surface area contributed by atoms with Crippen LogP contribution in [-0.4, -0.2) is 37.1 Å². The molecule has 0 aromatic heterocycles. The first-order valence-corrected chi connectivity index (χ1v) is 10.3. The van der Waals surface area contributed by atoms with Gasteiger partial charge >= 0.3 is 94.9 Å². The van der Waals surface area contributed by atoms with Crippen LogP contribution in [0.3, 0.4) is 0 Å². The van der Waals surface area contributed by atoms with Crippen LogP contribution in [0.5, 0.6) is 0 Å². The molecular weight excluding hydrogens is 425 g/mol. The van der Waals surface area contributed by atoms with Crippen LogP contribution in [0.15, 0.2) is 84.9 Å². The third-order valence-corrected chi connectivity index (χ3v) is 6.72. The first kappa shape index (κ1) is 18.7. The zero-order valence-electron chi connectivity index (χ0n) is 13.2. The van der Waals surface area contributed by atoms with Gasteiger partial charge in [0.15, 0.2) is 0 Å². The van der Waals surface area contributed by atoms with E-state index in [9.17, 15) is 14.9 Å². The average Bonchev–Trinajstić information content (AvgIpc) is 2.64. The summed E-state index contributed by atoms with van der Waals surface area (Å²) in [6.07, 6.45) is 0. The number of hydrogen-bond acceptors (Lipinski definition) is 3. The van der Waals surface area contributed by atoms with Gasteiger partial charge in [-0.3, -0.25) is 10.1 Å². The van der Waals surface area contributed by atoms with Crippen molar-refractivity contribution in [1.82, 2.24) is 0 Å². The second-order valence-electron chi connectivity index (χ2n) is 4.94. The molecule has 2 radical (unpaired) electrons. The third-order valence-electron chi connectivity index (χ3n) is 3.17. The summed E-state index contributed by atoms with van der Waals surface area (Å²) in [5, 5.41) is 18.8. The molecule has 1 N–H and O–H groups in total. The summed E-state index contributed by atoms with van der Waals surface area (Å²) in [6.45, 7) is 0. The van der Waals surface area contributed by atoms with Crippen LogP contribution in [0, 0.1) is 10.1 Å². The molecule has 124 valence electrons. The molecule has 25 heavy (non-hydrogen) atoms. The number of nitrogens with zero attached hydrogens (tertiary/aromatic N) is 1. The van der Waals surface area contributed by atoms with Gasteiger partial charge in [-0.05, 0) is 6.07 Å². The molecule has 0 bridgehead atoms. The molecule has 3 aromatic rings. The molecule has 3 rings (SSSR count). The Morgan fingerprint density at radius 2 is 1.24 bits per heavy atom. The first-order valence-electron chi connectivity index (χ1n) is 7.42. The van der Waals surface area contributed by atoms with Gasteiger partial charge in [-0.15, -0.1) is 0 Å². The van der Waals surface area contributed by atoms with Crippen molar-refractivity contribution < 1.29 is 14.8 Å². The number of benzene rings is 3. The van der Waals surface area contributed by atoms with Crippen molar-refractivity contribution in [3.05, 3.63) is 101 Å². The zero-order chi connectivity index (χ0) is 18.1. The number of carbonyl (C=O) groups is 1. The Morgan fingerprint density at radius 1 is 0.800 bits per heavy atom. The minimum atomic E-state index is -1.29. The summed E-state index contributed by atoms with van der Waals surface area (Å²) < 4.78 is 3.08. The van der Waals surface area contributed by atoms with E-state index >= 15 is 0 Å².